The lowest BCUT2D eigenvalue weighted by atomic mass is 10.1. The molecule has 6 heteroatoms. The minimum Gasteiger partial charge on any atom is -0.384 e. The summed E-state index contributed by atoms with van der Waals surface area (Å²) >= 11 is 5.89. The van der Waals surface area contributed by atoms with Crippen molar-refractivity contribution in [3.8, 4) is 11.3 Å². The van der Waals surface area contributed by atoms with Gasteiger partial charge in [0.2, 0.25) is 5.95 Å². The molecule has 0 aliphatic rings. The first-order valence-corrected chi connectivity index (χ1v) is 4.79. The predicted molar refractivity (Wildman–Crippen MR) is 61.3 cm³/mol. The van der Waals surface area contributed by atoms with Gasteiger partial charge in [-0.3, -0.25) is 0 Å². The molecule has 2 aromatic rings. The van der Waals surface area contributed by atoms with Crippen molar-refractivity contribution in [3.63, 3.8) is 0 Å². The van der Waals surface area contributed by atoms with Crippen LogP contribution in [0.5, 0.6) is 0 Å². The van der Waals surface area contributed by atoms with Gasteiger partial charge in [-0.25, -0.2) is 9.37 Å². The molecule has 82 valence electrons. The molecule has 0 saturated heterocycles. The smallest absolute Gasteiger partial charge is 0.222 e. The number of rotatable bonds is 1. The molecule has 1 heterocycles. The van der Waals surface area contributed by atoms with Crippen molar-refractivity contribution in [1.29, 1.82) is 0 Å². The number of hydrogen-bond acceptors (Lipinski definition) is 4. The Morgan fingerprint density at radius 3 is 2.50 bits per heavy atom. The fourth-order valence-corrected chi connectivity index (χ4v) is 1.58. The fraction of sp³-hybridized carbons (Fsp3) is 0. The van der Waals surface area contributed by atoms with Crippen molar-refractivity contribution in [1.82, 2.24) is 9.97 Å². The summed E-state index contributed by atoms with van der Waals surface area (Å²) < 4.78 is 12.9. The van der Waals surface area contributed by atoms with Crippen molar-refractivity contribution < 1.29 is 4.39 Å². The Morgan fingerprint density at radius 1 is 1.12 bits per heavy atom. The number of hydrogen-bond donors (Lipinski definition) is 2. The molecule has 0 saturated carbocycles. The van der Waals surface area contributed by atoms with Crippen LogP contribution in [0, 0.1) is 5.82 Å². The van der Waals surface area contributed by atoms with Crippen LogP contribution in [0.4, 0.5) is 16.2 Å². The molecule has 0 fully saturated rings. The van der Waals surface area contributed by atoms with Crippen molar-refractivity contribution in [2.24, 2.45) is 0 Å². The summed E-state index contributed by atoms with van der Waals surface area (Å²) in [5, 5.41) is 0.248. The molecule has 0 atom stereocenters. The van der Waals surface area contributed by atoms with Crippen molar-refractivity contribution in [2.45, 2.75) is 0 Å². The van der Waals surface area contributed by atoms with Gasteiger partial charge in [-0.1, -0.05) is 11.6 Å². The maximum Gasteiger partial charge on any atom is 0.222 e. The topological polar surface area (TPSA) is 77.8 Å². The van der Waals surface area contributed by atoms with Crippen LogP contribution in [0.15, 0.2) is 24.3 Å². The molecule has 16 heavy (non-hydrogen) atoms. The maximum absolute atomic E-state index is 12.9. The van der Waals surface area contributed by atoms with Crippen LogP contribution in [0.25, 0.3) is 11.3 Å². The number of aromatic nitrogens is 2. The summed E-state index contributed by atoms with van der Waals surface area (Å²) in [6.45, 7) is 0. The molecule has 0 radical (unpaired) electrons. The minimum absolute atomic E-state index is 0.0513. The van der Waals surface area contributed by atoms with E-state index in [1.165, 1.54) is 24.3 Å². The van der Waals surface area contributed by atoms with Gasteiger partial charge in [0.15, 0.2) is 0 Å². The van der Waals surface area contributed by atoms with E-state index in [9.17, 15) is 4.39 Å². The van der Waals surface area contributed by atoms with Crippen LogP contribution < -0.4 is 11.5 Å². The van der Waals surface area contributed by atoms with Crippen LogP contribution in [0.3, 0.4) is 0 Å². The van der Waals surface area contributed by atoms with Gasteiger partial charge in [0.1, 0.15) is 11.6 Å². The molecule has 4 N–H and O–H groups in total. The Morgan fingerprint density at radius 2 is 1.88 bits per heavy atom. The van der Waals surface area contributed by atoms with E-state index in [0.29, 0.717) is 11.3 Å². The molecule has 0 unspecified atom stereocenters. The van der Waals surface area contributed by atoms with E-state index in [-0.39, 0.29) is 16.8 Å². The fourth-order valence-electron chi connectivity index (χ4n) is 1.32. The standard InChI is InChI=1S/C10H8ClFN4/c11-7-3-5(12)1-2-6(7)8-4-9(13)16-10(14)15-8/h1-4H,(H4,13,14,15,16). The van der Waals surface area contributed by atoms with E-state index >= 15 is 0 Å². The number of benzene rings is 1. The lowest BCUT2D eigenvalue weighted by Crippen LogP contribution is -2.00. The minimum atomic E-state index is -0.413. The lowest BCUT2D eigenvalue weighted by molar-refractivity contribution is 0.628. The summed E-state index contributed by atoms with van der Waals surface area (Å²) in [6.07, 6.45) is 0. The van der Waals surface area contributed by atoms with Gasteiger partial charge in [-0.05, 0) is 18.2 Å². The van der Waals surface area contributed by atoms with Gasteiger partial charge in [-0.2, -0.15) is 4.98 Å². The summed E-state index contributed by atoms with van der Waals surface area (Å²) in [4.78, 5) is 7.71. The highest BCUT2D eigenvalue weighted by atomic mass is 35.5. The first-order valence-electron chi connectivity index (χ1n) is 4.42. The van der Waals surface area contributed by atoms with Crippen LogP contribution in [0.2, 0.25) is 5.02 Å². The zero-order valence-electron chi connectivity index (χ0n) is 8.11. The van der Waals surface area contributed by atoms with Gasteiger partial charge < -0.3 is 11.5 Å². The van der Waals surface area contributed by atoms with Crippen LogP contribution in [-0.4, -0.2) is 9.97 Å². The zero-order chi connectivity index (χ0) is 11.7. The molecular weight excluding hydrogens is 231 g/mol. The number of nitrogens with two attached hydrogens (primary N) is 2. The van der Waals surface area contributed by atoms with Crippen LogP contribution in [-0.2, 0) is 0 Å². The predicted octanol–water partition coefficient (Wildman–Crippen LogP) is 2.10. The third kappa shape index (κ3) is 2.04. The molecular formula is C10H8ClFN4. The lowest BCUT2D eigenvalue weighted by Gasteiger charge is -2.05. The van der Waals surface area contributed by atoms with Crippen molar-refractivity contribution in [3.05, 3.63) is 35.1 Å². The Balaban J connectivity index is 2.58. The number of nitrogens with zero attached hydrogens (tertiary/aromatic N) is 2. The molecule has 2 rings (SSSR count). The normalized spacial score (nSPS) is 10.4. The molecule has 0 spiro atoms. The molecule has 1 aromatic heterocycles. The highest BCUT2D eigenvalue weighted by molar-refractivity contribution is 6.33. The van der Waals surface area contributed by atoms with Gasteiger partial charge in [0, 0.05) is 11.6 Å². The largest absolute Gasteiger partial charge is 0.384 e. The summed E-state index contributed by atoms with van der Waals surface area (Å²) in [6, 6.07) is 5.52. The third-order valence-electron chi connectivity index (χ3n) is 1.97. The van der Waals surface area contributed by atoms with Gasteiger partial charge in [0.05, 0.1) is 10.7 Å². The average Bonchev–Trinajstić information content (AvgIpc) is 2.15. The van der Waals surface area contributed by atoms with Crippen LogP contribution in [0.1, 0.15) is 0 Å². The second kappa shape index (κ2) is 3.94. The second-order valence-electron chi connectivity index (χ2n) is 3.16. The van der Waals surface area contributed by atoms with Crippen molar-refractivity contribution in [2.75, 3.05) is 11.5 Å². The Labute approximate surface area is 96.1 Å². The van der Waals surface area contributed by atoms with Gasteiger partial charge in [-0.15, -0.1) is 0 Å². The molecule has 1 aromatic carbocycles. The number of anilines is 2. The number of halogens is 2. The van der Waals surface area contributed by atoms with Gasteiger partial charge in [0.25, 0.3) is 0 Å². The maximum atomic E-state index is 12.9. The first kappa shape index (κ1) is 10.6. The second-order valence-corrected chi connectivity index (χ2v) is 3.57. The average molecular weight is 239 g/mol. The summed E-state index contributed by atoms with van der Waals surface area (Å²) in [5.74, 6) is -0.123. The van der Waals surface area contributed by atoms with Gasteiger partial charge >= 0.3 is 0 Å². The first-order chi connectivity index (χ1) is 7.56. The summed E-state index contributed by atoms with van der Waals surface area (Å²) in [7, 11) is 0. The van der Waals surface area contributed by atoms with E-state index in [1.807, 2.05) is 0 Å². The molecule has 0 aliphatic carbocycles. The Kier molecular flexibility index (Phi) is 2.62. The Bertz CT molecular complexity index is 524. The van der Waals surface area contributed by atoms with E-state index in [2.05, 4.69) is 9.97 Å². The summed E-state index contributed by atoms with van der Waals surface area (Å²) in [5.41, 5.74) is 12.0. The zero-order valence-corrected chi connectivity index (χ0v) is 8.87. The van der Waals surface area contributed by atoms with Crippen LogP contribution >= 0.6 is 11.6 Å². The van der Waals surface area contributed by atoms with E-state index in [4.69, 9.17) is 23.1 Å². The number of nitrogen functional groups attached to an aromatic ring is 2. The monoisotopic (exact) mass is 238 g/mol. The van der Waals surface area contributed by atoms with E-state index in [1.54, 1.807) is 0 Å². The SMILES string of the molecule is Nc1cc(-c2ccc(F)cc2Cl)nc(N)n1. The van der Waals surface area contributed by atoms with E-state index in [0.717, 1.165) is 0 Å². The molecule has 4 nitrogen and oxygen atoms in total. The highest BCUT2D eigenvalue weighted by Crippen LogP contribution is 2.28. The quantitative estimate of drug-likeness (QED) is 0.798. The van der Waals surface area contributed by atoms with E-state index < -0.39 is 5.82 Å². The Hall–Kier alpha value is -1.88. The molecule has 0 aliphatic heterocycles. The van der Waals surface area contributed by atoms with Crippen molar-refractivity contribution >= 4 is 23.4 Å². The highest BCUT2D eigenvalue weighted by Gasteiger charge is 2.08. The molecule has 0 amide bonds. The third-order valence-corrected chi connectivity index (χ3v) is 2.28. The molecule has 0 bridgehead atoms.